The van der Waals surface area contributed by atoms with Gasteiger partial charge in [0.2, 0.25) is 0 Å². The lowest BCUT2D eigenvalue weighted by Crippen LogP contribution is -2.58. The van der Waals surface area contributed by atoms with Crippen molar-refractivity contribution in [2.75, 3.05) is 24.6 Å². The minimum atomic E-state index is -0.107. The molecule has 0 saturated carbocycles. The smallest absolute Gasteiger partial charge is 0.250 e. The molecular formula is C29H37N7O2. The zero-order valence-electron chi connectivity index (χ0n) is 22.7. The van der Waals surface area contributed by atoms with Gasteiger partial charge in [-0.05, 0) is 63.3 Å². The van der Waals surface area contributed by atoms with Crippen LogP contribution in [-0.2, 0) is 11.8 Å². The molecule has 3 aromatic heterocycles. The minimum absolute atomic E-state index is 0.0179. The Morgan fingerprint density at radius 1 is 1.05 bits per heavy atom. The number of piperazine rings is 1. The highest BCUT2D eigenvalue weighted by molar-refractivity contribution is 5.87. The summed E-state index contributed by atoms with van der Waals surface area (Å²) in [6.45, 7) is 9.34. The Balaban J connectivity index is 1.37. The Hall–Kier alpha value is -3.30. The first-order chi connectivity index (χ1) is 18.5. The van der Waals surface area contributed by atoms with E-state index < -0.39 is 0 Å². The number of aromatic nitrogens is 5. The van der Waals surface area contributed by atoms with Crippen molar-refractivity contribution in [3.05, 3.63) is 58.6 Å². The molecule has 2 saturated heterocycles. The van der Waals surface area contributed by atoms with E-state index in [1.54, 1.807) is 23.0 Å². The van der Waals surface area contributed by atoms with Crippen molar-refractivity contribution in [1.29, 1.82) is 0 Å². The van der Waals surface area contributed by atoms with Crippen LogP contribution in [0.2, 0.25) is 0 Å². The highest BCUT2D eigenvalue weighted by atomic mass is 16.5. The summed E-state index contributed by atoms with van der Waals surface area (Å²) in [6.07, 6.45) is 7.50. The lowest BCUT2D eigenvalue weighted by Gasteiger charge is -2.48. The number of hydrogen-bond donors (Lipinski definition) is 0. The van der Waals surface area contributed by atoms with Crippen LogP contribution in [0, 0.1) is 0 Å². The third kappa shape index (κ3) is 4.27. The normalized spacial score (nSPS) is 23.8. The maximum absolute atomic E-state index is 12.7. The van der Waals surface area contributed by atoms with E-state index in [4.69, 9.17) is 9.84 Å². The van der Waals surface area contributed by atoms with E-state index in [-0.39, 0.29) is 29.9 Å². The molecule has 1 aromatic carbocycles. The molecule has 9 heteroatoms. The van der Waals surface area contributed by atoms with Crippen molar-refractivity contribution in [1.82, 2.24) is 29.2 Å². The number of aryl methyl sites for hydroxylation is 1. The molecule has 0 amide bonds. The topological polar surface area (TPSA) is 81.3 Å². The van der Waals surface area contributed by atoms with E-state index in [0.29, 0.717) is 0 Å². The summed E-state index contributed by atoms with van der Waals surface area (Å²) in [5.74, 6) is 1.01. The maximum atomic E-state index is 12.7. The summed E-state index contributed by atoms with van der Waals surface area (Å²) in [6, 6.07) is 10.7. The fraction of sp³-hybridized carbons (Fsp3) is 0.517. The van der Waals surface area contributed by atoms with Crippen LogP contribution >= 0.6 is 0 Å². The predicted octanol–water partition coefficient (Wildman–Crippen LogP) is 4.43. The zero-order chi connectivity index (χ0) is 26.4. The second kappa shape index (κ2) is 10.1. The zero-order valence-corrected chi connectivity index (χ0v) is 22.7. The van der Waals surface area contributed by atoms with Crippen LogP contribution < -0.4 is 10.5 Å². The maximum Gasteiger partial charge on any atom is 0.250 e. The molecule has 38 heavy (non-hydrogen) atoms. The van der Waals surface area contributed by atoms with Gasteiger partial charge in [0.1, 0.15) is 11.0 Å². The van der Waals surface area contributed by atoms with Crippen LogP contribution in [-0.4, -0.2) is 61.0 Å². The van der Waals surface area contributed by atoms with Gasteiger partial charge in [-0.3, -0.25) is 19.7 Å². The molecule has 2 unspecified atom stereocenters. The Kier molecular flexibility index (Phi) is 6.65. The quantitative estimate of drug-likeness (QED) is 0.389. The molecule has 0 bridgehead atoms. The SMILES string of the molecule is CC[C@H]1CN(C(C)c2ccc3nccnc3c2)[C@H](C)CN1c1c2c(ccc(=O)n2C)nn1C1CCCCO1. The van der Waals surface area contributed by atoms with Gasteiger partial charge in [-0.25, -0.2) is 4.68 Å². The van der Waals surface area contributed by atoms with E-state index >= 15 is 0 Å². The molecule has 200 valence electrons. The van der Waals surface area contributed by atoms with Gasteiger partial charge in [0.15, 0.2) is 12.0 Å². The molecule has 9 nitrogen and oxygen atoms in total. The van der Waals surface area contributed by atoms with Crippen LogP contribution in [0.5, 0.6) is 0 Å². The van der Waals surface area contributed by atoms with Gasteiger partial charge in [-0.15, -0.1) is 0 Å². The highest BCUT2D eigenvalue weighted by Gasteiger charge is 2.37. The average Bonchev–Trinajstić information content (AvgIpc) is 3.35. The van der Waals surface area contributed by atoms with Gasteiger partial charge in [-0.1, -0.05) is 13.0 Å². The van der Waals surface area contributed by atoms with Crippen LogP contribution in [0.1, 0.15) is 64.3 Å². The summed E-state index contributed by atoms with van der Waals surface area (Å²) < 4.78 is 10.0. The highest BCUT2D eigenvalue weighted by Crippen LogP contribution is 2.37. The van der Waals surface area contributed by atoms with Crippen molar-refractivity contribution in [3.8, 4) is 0 Å². The van der Waals surface area contributed by atoms with Crippen LogP contribution in [0.3, 0.4) is 0 Å². The summed E-state index contributed by atoms with van der Waals surface area (Å²) in [4.78, 5) is 26.8. The molecule has 0 N–H and O–H groups in total. The van der Waals surface area contributed by atoms with E-state index in [1.807, 2.05) is 13.1 Å². The first-order valence-electron chi connectivity index (χ1n) is 13.9. The molecule has 6 rings (SSSR count). The second-order valence-electron chi connectivity index (χ2n) is 10.8. The van der Waals surface area contributed by atoms with Crippen LogP contribution in [0.25, 0.3) is 22.1 Å². The average molecular weight is 516 g/mol. The molecule has 0 spiro atoms. The van der Waals surface area contributed by atoms with Crippen LogP contribution in [0.4, 0.5) is 5.82 Å². The summed E-state index contributed by atoms with van der Waals surface area (Å²) in [5.41, 5.74) is 4.82. The molecule has 2 aliphatic heterocycles. The molecule has 4 atom stereocenters. The Bertz CT molecular complexity index is 1510. The Morgan fingerprint density at radius 3 is 2.61 bits per heavy atom. The number of nitrogens with zero attached hydrogens (tertiary/aromatic N) is 7. The van der Waals surface area contributed by atoms with Crippen molar-refractivity contribution in [2.24, 2.45) is 7.05 Å². The monoisotopic (exact) mass is 515 g/mol. The minimum Gasteiger partial charge on any atom is -0.356 e. The van der Waals surface area contributed by atoms with E-state index in [0.717, 1.165) is 73.3 Å². The van der Waals surface area contributed by atoms with Crippen molar-refractivity contribution >= 4 is 27.9 Å². The fourth-order valence-corrected chi connectivity index (χ4v) is 6.27. The standard InChI is InChI=1S/C29H37N7O2/c1-5-22-18-34(20(3)21-9-10-23-25(16-21)31-14-13-30-23)19(2)17-35(22)29-28-24(11-12-26(37)33(28)4)32-36(29)27-8-6-7-15-38-27/h9-14,16,19-20,22,27H,5-8,15,17-18H2,1-4H3/t19-,20?,22+,27?/m1/s1. The first kappa shape index (κ1) is 25.0. The lowest BCUT2D eigenvalue weighted by molar-refractivity contribution is -0.0386. The van der Waals surface area contributed by atoms with Crippen molar-refractivity contribution in [3.63, 3.8) is 0 Å². The largest absolute Gasteiger partial charge is 0.356 e. The molecule has 0 aliphatic carbocycles. The summed E-state index contributed by atoms with van der Waals surface area (Å²) >= 11 is 0. The molecule has 2 fully saturated rings. The fourth-order valence-electron chi connectivity index (χ4n) is 6.27. The van der Waals surface area contributed by atoms with Gasteiger partial charge in [0, 0.05) is 63.3 Å². The number of rotatable bonds is 5. The van der Waals surface area contributed by atoms with Crippen molar-refractivity contribution in [2.45, 2.75) is 70.8 Å². The molecule has 0 radical (unpaired) electrons. The third-order valence-corrected chi connectivity index (χ3v) is 8.47. The molecule has 5 heterocycles. The summed E-state index contributed by atoms with van der Waals surface area (Å²) in [5, 5.41) is 5.00. The van der Waals surface area contributed by atoms with Gasteiger partial charge in [-0.2, -0.15) is 5.10 Å². The Labute approximate surface area is 223 Å². The number of fused-ring (bicyclic) bond motifs is 2. The number of ether oxygens (including phenoxy) is 1. The van der Waals surface area contributed by atoms with E-state index in [1.165, 1.54) is 5.56 Å². The second-order valence-corrected chi connectivity index (χ2v) is 10.8. The van der Waals surface area contributed by atoms with Crippen LogP contribution in [0.15, 0.2) is 47.5 Å². The number of anilines is 1. The van der Waals surface area contributed by atoms with Gasteiger partial charge in [0.05, 0.1) is 11.0 Å². The Morgan fingerprint density at radius 2 is 1.84 bits per heavy atom. The number of benzene rings is 1. The van der Waals surface area contributed by atoms with Crippen molar-refractivity contribution < 1.29 is 4.74 Å². The van der Waals surface area contributed by atoms with Gasteiger partial charge < -0.3 is 14.2 Å². The predicted molar refractivity (Wildman–Crippen MR) is 149 cm³/mol. The lowest BCUT2D eigenvalue weighted by atomic mass is 9.98. The van der Waals surface area contributed by atoms with Gasteiger partial charge in [0.25, 0.3) is 5.56 Å². The molecule has 4 aromatic rings. The van der Waals surface area contributed by atoms with E-state index in [2.05, 4.69) is 63.4 Å². The van der Waals surface area contributed by atoms with Gasteiger partial charge >= 0.3 is 0 Å². The van der Waals surface area contributed by atoms with E-state index in [9.17, 15) is 4.79 Å². The first-order valence-corrected chi connectivity index (χ1v) is 13.9. The molecule has 2 aliphatic rings. The summed E-state index contributed by atoms with van der Waals surface area (Å²) in [7, 11) is 1.85. The number of pyridine rings is 1. The number of hydrogen-bond acceptors (Lipinski definition) is 7. The molecular weight excluding hydrogens is 478 g/mol. The third-order valence-electron chi connectivity index (χ3n) is 8.47.